The van der Waals surface area contributed by atoms with Gasteiger partial charge < -0.3 is 22.1 Å². The molecule has 4 nitrogen and oxygen atoms in total. The van der Waals surface area contributed by atoms with E-state index < -0.39 is 0 Å². The number of nitrogens with one attached hydrogen (secondary N) is 2. The quantitative estimate of drug-likeness (QED) is 0.426. The Kier molecular flexibility index (Phi) is 6.53. The van der Waals surface area contributed by atoms with Gasteiger partial charge >= 0.3 is 0 Å². The standard InChI is InChI=1S/C13H14N2.C7H10N2/c1-3-7-12(8-4-1)14-11-15-13-9-5-2-6-10-13;1-5-6(8)3-2-4-7(5)9/h1-10,14-15H,11H2;2-4H,8-9H2,1H3. The molecule has 0 unspecified atom stereocenters. The second kappa shape index (κ2) is 9.10. The highest BCUT2D eigenvalue weighted by Crippen LogP contribution is 2.16. The van der Waals surface area contributed by atoms with Crippen LogP contribution in [0.4, 0.5) is 22.7 Å². The van der Waals surface area contributed by atoms with Crippen LogP contribution in [0.3, 0.4) is 0 Å². The molecule has 0 heterocycles. The number of nitrogen functional groups attached to an aromatic ring is 2. The molecule has 3 aromatic carbocycles. The van der Waals surface area contributed by atoms with Crippen molar-refractivity contribution in [2.75, 3.05) is 28.8 Å². The van der Waals surface area contributed by atoms with Gasteiger partial charge in [0.05, 0.1) is 6.67 Å². The lowest BCUT2D eigenvalue weighted by Gasteiger charge is -2.08. The van der Waals surface area contributed by atoms with Crippen molar-refractivity contribution >= 4 is 22.7 Å². The molecule has 6 N–H and O–H groups in total. The minimum atomic E-state index is 0.730. The van der Waals surface area contributed by atoms with Crippen LogP contribution in [0.15, 0.2) is 78.9 Å². The summed E-state index contributed by atoms with van der Waals surface area (Å²) in [5.74, 6) is 0. The topological polar surface area (TPSA) is 76.1 Å². The first-order valence-electron chi connectivity index (χ1n) is 7.85. The monoisotopic (exact) mass is 320 g/mol. The normalized spacial score (nSPS) is 9.54. The fraction of sp³-hybridized carbons (Fsp3) is 0.100. The van der Waals surface area contributed by atoms with Gasteiger partial charge in [-0.05, 0) is 48.9 Å². The molecule has 0 spiro atoms. The molecule has 0 saturated heterocycles. The molecule has 0 saturated carbocycles. The highest BCUT2D eigenvalue weighted by molar-refractivity contribution is 5.60. The largest absolute Gasteiger partial charge is 0.398 e. The third-order valence-corrected chi connectivity index (χ3v) is 3.55. The van der Waals surface area contributed by atoms with E-state index in [4.69, 9.17) is 11.5 Å². The third kappa shape index (κ3) is 5.57. The van der Waals surface area contributed by atoms with E-state index in [2.05, 4.69) is 10.6 Å². The lowest BCUT2D eigenvalue weighted by Crippen LogP contribution is -2.11. The van der Waals surface area contributed by atoms with Gasteiger partial charge in [0.1, 0.15) is 0 Å². The first-order chi connectivity index (χ1) is 11.7. The smallest absolute Gasteiger partial charge is 0.0849 e. The number of rotatable bonds is 4. The number of anilines is 4. The summed E-state index contributed by atoms with van der Waals surface area (Å²) in [4.78, 5) is 0. The minimum Gasteiger partial charge on any atom is -0.398 e. The Labute approximate surface area is 143 Å². The summed E-state index contributed by atoms with van der Waals surface area (Å²) in [6.07, 6.45) is 0. The van der Waals surface area contributed by atoms with Gasteiger partial charge in [0.2, 0.25) is 0 Å². The summed E-state index contributed by atoms with van der Waals surface area (Å²) < 4.78 is 0. The fourth-order valence-corrected chi connectivity index (χ4v) is 2.03. The van der Waals surface area contributed by atoms with Crippen molar-refractivity contribution in [2.45, 2.75) is 6.92 Å². The van der Waals surface area contributed by atoms with Crippen molar-refractivity contribution in [3.8, 4) is 0 Å². The zero-order valence-corrected chi connectivity index (χ0v) is 13.9. The summed E-state index contributed by atoms with van der Waals surface area (Å²) in [6.45, 7) is 2.64. The van der Waals surface area contributed by atoms with Crippen molar-refractivity contribution in [2.24, 2.45) is 0 Å². The van der Waals surface area contributed by atoms with Crippen molar-refractivity contribution in [1.29, 1.82) is 0 Å². The van der Waals surface area contributed by atoms with Crippen molar-refractivity contribution in [3.63, 3.8) is 0 Å². The molecular formula is C20H24N4. The Hall–Kier alpha value is -3.14. The van der Waals surface area contributed by atoms with Crippen LogP contribution in [-0.4, -0.2) is 6.67 Å². The molecule has 4 heteroatoms. The summed E-state index contributed by atoms with van der Waals surface area (Å²) >= 11 is 0. The lowest BCUT2D eigenvalue weighted by molar-refractivity contribution is 1.22. The fourth-order valence-electron chi connectivity index (χ4n) is 2.03. The van der Waals surface area contributed by atoms with Gasteiger partial charge in [0.15, 0.2) is 0 Å². The van der Waals surface area contributed by atoms with Gasteiger partial charge in [-0.1, -0.05) is 42.5 Å². The van der Waals surface area contributed by atoms with Crippen LogP contribution >= 0.6 is 0 Å². The molecule has 3 aromatic rings. The van der Waals surface area contributed by atoms with Crippen LogP contribution < -0.4 is 22.1 Å². The molecule has 0 atom stereocenters. The summed E-state index contributed by atoms with van der Waals surface area (Å²) in [6, 6.07) is 25.8. The summed E-state index contributed by atoms with van der Waals surface area (Å²) in [5.41, 5.74) is 15.8. The van der Waals surface area contributed by atoms with Crippen LogP contribution in [0.25, 0.3) is 0 Å². The van der Waals surface area contributed by atoms with E-state index in [0.717, 1.165) is 35.0 Å². The average molecular weight is 320 g/mol. The van der Waals surface area contributed by atoms with Crippen molar-refractivity contribution in [1.82, 2.24) is 0 Å². The third-order valence-electron chi connectivity index (χ3n) is 3.55. The SMILES string of the molecule is Cc1c(N)cccc1N.c1ccc(NCNc2ccccc2)cc1. The molecule has 24 heavy (non-hydrogen) atoms. The Morgan fingerprint density at radius 2 is 1.04 bits per heavy atom. The van der Waals surface area contributed by atoms with Crippen LogP contribution in [0.2, 0.25) is 0 Å². The molecule has 0 aliphatic heterocycles. The maximum Gasteiger partial charge on any atom is 0.0849 e. The van der Waals surface area contributed by atoms with Crippen molar-refractivity contribution in [3.05, 3.63) is 84.4 Å². The summed E-state index contributed by atoms with van der Waals surface area (Å²) in [7, 11) is 0. The van der Waals surface area contributed by atoms with Crippen LogP contribution in [-0.2, 0) is 0 Å². The van der Waals surface area contributed by atoms with Gasteiger partial charge in [-0.15, -0.1) is 0 Å². The second-order valence-electron chi connectivity index (χ2n) is 5.32. The lowest BCUT2D eigenvalue weighted by atomic mass is 10.2. The Morgan fingerprint density at radius 1 is 0.625 bits per heavy atom. The van der Waals surface area contributed by atoms with E-state index in [9.17, 15) is 0 Å². The van der Waals surface area contributed by atoms with Gasteiger partial charge in [-0.3, -0.25) is 0 Å². The van der Waals surface area contributed by atoms with Crippen LogP contribution in [0.5, 0.6) is 0 Å². The molecule has 0 aromatic heterocycles. The maximum absolute atomic E-state index is 5.54. The predicted octanol–water partition coefficient (Wildman–Crippen LogP) is 4.33. The van der Waals surface area contributed by atoms with Crippen LogP contribution in [0, 0.1) is 6.92 Å². The van der Waals surface area contributed by atoms with Gasteiger partial charge in [0.25, 0.3) is 0 Å². The minimum absolute atomic E-state index is 0.730. The number of hydrogen-bond acceptors (Lipinski definition) is 4. The first-order valence-corrected chi connectivity index (χ1v) is 7.85. The number of hydrogen-bond donors (Lipinski definition) is 4. The molecule has 3 rings (SSSR count). The van der Waals surface area contributed by atoms with E-state index in [0.29, 0.717) is 0 Å². The zero-order chi connectivity index (χ0) is 17.2. The van der Waals surface area contributed by atoms with E-state index in [1.165, 1.54) is 0 Å². The van der Waals surface area contributed by atoms with Crippen LogP contribution in [0.1, 0.15) is 5.56 Å². The van der Waals surface area contributed by atoms with E-state index in [1.807, 2.05) is 85.8 Å². The molecule has 0 amide bonds. The molecule has 124 valence electrons. The first kappa shape index (κ1) is 17.2. The van der Waals surface area contributed by atoms with Gasteiger partial charge in [-0.2, -0.15) is 0 Å². The maximum atomic E-state index is 5.54. The number of benzene rings is 3. The predicted molar refractivity (Wildman–Crippen MR) is 105 cm³/mol. The Morgan fingerprint density at radius 3 is 1.42 bits per heavy atom. The molecule has 0 aliphatic rings. The van der Waals surface area contributed by atoms with Gasteiger partial charge in [-0.25, -0.2) is 0 Å². The summed E-state index contributed by atoms with van der Waals surface area (Å²) in [5, 5.41) is 6.56. The Balaban J connectivity index is 0.000000198. The highest BCUT2D eigenvalue weighted by atomic mass is 15.1. The highest BCUT2D eigenvalue weighted by Gasteiger charge is 1.93. The second-order valence-corrected chi connectivity index (χ2v) is 5.32. The molecular weight excluding hydrogens is 296 g/mol. The molecule has 0 bridgehead atoms. The molecule has 0 fully saturated rings. The Bertz CT molecular complexity index is 667. The van der Waals surface area contributed by atoms with Crippen molar-refractivity contribution < 1.29 is 0 Å². The molecule has 0 aliphatic carbocycles. The van der Waals surface area contributed by atoms with E-state index in [1.54, 1.807) is 0 Å². The average Bonchev–Trinajstić information content (AvgIpc) is 2.62. The van der Waals surface area contributed by atoms with E-state index in [-0.39, 0.29) is 0 Å². The number of para-hydroxylation sites is 2. The zero-order valence-electron chi connectivity index (χ0n) is 13.9. The van der Waals surface area contributed by atoms with Gasteiger partial charge in [0, 0.05) is 22.7 Å². The number of nitrogens with two attached hydrogens (primary N) is 2. The van der Waals surface area contributed by atoms with E-state index >= 15 is 0 Å². The molecule has 0 radical (unpaired) electrons.